The molecular formula is C23H24F2N6O2. The van der Waals surface area contributed by atoms with Crippen molar-refractivity contribution in [3.05, 3.63) is 71.6 Å². The van der Waals surface area contributed by atoms with E-state index in [4.69, 9.17) is 4.42 Å². The van der Waals surface area contributed by atoms with E-state index in [2.05, 4.69) is 25.5 Å². The SMILES string of the molecule is CN(/N=C/c1ccc(-c2nnc(C(F)F)o2)cc1)C(=O)[C@H](c1ccccc1)N1CCNCC1. The maximum Gasteiger partial charge on any atom is 0.314 e. The van der Waals surface area contributed by atoms with Crippen molar-refractivity contribution in [3.63, 3.8) is 0 Å². The summed E-state index contributed by atoms with van der Waals surface area (Å²) in [5, 5.41) is 16.0. The monoisotopic (exact) mass is 454 g/mol. The molecule has 1 aromatic heterocycles. The van der Waals surface area contributed by atoms with Crippen LogP contribution in [0.4, 0.5) is 8.78 Å². The summed E-state index contributed by atoms with van der Waals surface area (Å²) in [6, 6.07) is 16.1. The first kappa shape index (κ1) is 22.7. The van der Waals surface area contributed by atoms with Crippen LogP contribution < -0.4 is 5.32 Å². The third-order valence-electron chi connectivity index (χ3n) is 5.35. The van der Waals surface area contributed by atoms with Gasteiger partial charge in [0.15, 0.2) is 0 Å². The number of aromatic nitrogens is 2. The first-order chi connectivity index (χ1) is 16.0. The number of rotatable bonds is 7. The predicted molar refractivity (Wildman–Crippen MR) is 119 cm³/mol. The Hall–Kier alpha value is -3.50. The highest BCUT2D eigenvalue weighted by molar-refractivity contribution is 5.86. The fraction of sp³-hybridized carbons (Fsp3) is 0.304. The van der Waals surface area contributed by atoms with E-state index in [-0.39, 0.29) is 11.8 Å². The smallest absolute Gasteiger partial charge is 0.314 e. The van der Waals surface area contributed by atoms with E-state index in [1.807, 2.05) is 30.3 Å². The minimum Gasteiger partial charge on any atom is -0.415 e. The molecular weight excluding hydrogens is 430 g/mol. The van der Waals surface area contributed by atoms with E-state index in [0.29, 0.717) is 5.56 Å². The second-order valence-corrected chi connectivity index (χ2v) is 7.57. The molecule has 3 aromatic rings. The highest BCUT2D eigenvalue weighted by Crippen LogP contribution is 2.24. The molecule has 0 radical (unpaired) electrons. The fourth-order valence-corrected chi connectivity index (χ4v) is 3.62. The van der Waals surface area contributed by atoms with E-state index in [1.165, 1.54) is 5.01 Å². The lowest BCUT2D eigenvalue weighted by Gasteiger charge is -2.35. The van der Waals surface area contributed by atoms with Gasteiger partial charge in [0.1, 0.15) is 6.04 Å². The summed E-state index contributed by atoms with van der Waals surface area (Å²) in [5.41, 5.74) is 2.17. The zero-order chi connectivity index (χ0) is 23.2. The third kappa shape index (κ3) is 5.47. The van der Waals surface area contributed by atoms with Gasteiger partial charge < -0.3 is 9.73 Å². The van der Waals surface area contributed by atoms with Crippen molar-refractivity contribution in [1.82, 2.24) is 25.4 Å². The Morgan fingerprint density at radius 1 is 1.12 bits per heavy atom. The van der Waals surface area contributed by atoms with E-state index in [1.54, 1.807) is 37.5 Å². The standard InChI is InChI=1S/C23H24F2N6O2/c1-30(23(32)19(17-5-3-2-4-6-17)31-13-11-26-12-14-31)27-15-16-7-9-18(10-8-16)21-28-29-22(33-21)20(24)25/h2-10,15,19-20,26H,11-14H2,1H3/b27-15+/t19-/m0/s1. The molecule has 1 N–H and O–H groups in total. The van der Waals surface area contributed by atoms with E-state index in [0.717, 1.165) is 37.3 Å². The van der Waals surface area contributed by atoms with Gasteiger partial charge in [-0.15, -0.1) is 10.2 Å². The summed E-state index contributed by atoms with van der Waals surface area (Å²) < 4.78 is 30.2. The van der Waals surface area contributed by atoms with Crippen LogP contribution in [0, 0.1) is 0 Å². The van der Waals surface area contributed by atoms with Crippen molar-refractivity contribution in [3.8, 4) is 11.5 Å². The summed E-state index contributed by atoms with van der Waals surface area (Å²) in [5.74, 6) is -0.822. The van der Waals surface area contributed by atoms with Crippen LogP contribution >= 0.6 is 0 Å². The van der Waals surface area contributed by atoms with Crippen LogP contribution in [0.25, 0.3) is 11.5 Å². The zero-order valence-electron chi connectivity index (χ0n) is 18.1. The number of amides is 1. The minimum atomic E-state index is -2.81. The van der Waals surface area contributed by atoms with Gasteiger partial charge in [-0.25, -0.2) is 5.01 Å². The topological polar surface area (TPSA) is 86.9 Å². The molecule has 0 unspecified atom stereocenters. The predicted octanol–water partition coefficient (Wildman–Crippen LogP) is 3.11. The molecule has 172 valence electrons. The van der Waals surface area contributed by atoms with Crippen molar-refractivity contribution < 1.29 is 18.0 Å². The van der Waals surface area contributed by atoms with Crippen LogP contribution in [0.15, 0.2) is 64.1 Å². The summed E-state index contributed by atoms with van der Waals surface area (Å²) in [6.07, 6.45) is -1.24. The maximum atomic E-state index is 13.3. The molecule has 1 fully saturated rings. The number of likely N-dealkylation sites (N-methyl/N-ethyl adjacent to an activating group) is 1. The highest BCUT2D eigenvalue weighted by atomic mass is 19.3. The molecule has 10 heteroatoms. The number of hydrogen-bond acceptors (Lipinski definition) is 7. The number of carbonyl (C=O) groups is 1. The minimum absolute atomic E-state index is 0.0165. The number of hydrazone groups is 1. The molecule has 0 bridgehead atoms. The molecule has 2 aromatic carbocycles. The van der Waals surface area contributed by atoms with Crippen molar-refractivity contribution in [2.75, 3.05) is 33.2 Å². The molecule has 1 aliphatic rings. The summed E-state index contributed by atoms with van der Waals surface area (Å²) >= 11 is 0. The molecule has 0 aliphatic carbocycles. The number of benzene rings is 2. The zero-order valence-corrected chi connectivity index (χ0v) is 18.1. The van der Waals surface area contributed by atoms with E-state index in [9.17, 15) is 13.6 Å². The normalized spacial score (nSPS) is 15.8. The van der Waals surface area contributed by atoms with Gasteiger partial charge in [-0.05, 0) is 23.3 Å². The van der Waals surface area contributed by atoms with Crippen LogP contribution in [0.3, 0.4) is 0 Å². The number of hydrogen-bond donors (Lipinski definition) is 1. The molecule has 8 nitrogen and oxygen atoms in total. The van der Waals surface area contributed by atoms with Crippen LogP contribution in [0.2, 0.25) is 0 Å². The van der Waals surface area contributed by atoms with Crippen molar-refractivity contribution in [1.29, 1.82) is 0 Å². The molecule has 1 amide bonds. The van der Waals surface area contributed by atoms with Crippen LogP contribution in [0.1, 0.15) is 29.5 Å². The quantitative estimate of drug-likeness (QED) is 0.436. The second-order valence-electron chi connectivity index (χ2n) is 7.57. The van der Waals surface area contributed by atoms with E-state index >= 15 is 0 Å². The average Bonchev–Trinajstić information content (AvgIpc) is 3.35. The lowest BCUT2D eigenvalue weighted by Crippen LogP contribution is -2.49. The molecule has 4 rings (SSSR count). The number of nitrogens with one attached hydrogen (secondary N) is 1. The molecule has 0 spiro atoms. The Kier molecular flexibility index (Phi) is 7.16. The van der Waals surface area contributed by atoms with E-state index < -0.39 is 18.4 Å². The molecule has 2 heterocycles. The van der Waals surface area contributed by atoms with Gasteiger partial charge in [0.25, 0.3) is 11.8 Å². The number of halogens is 2. The number of piperazine rings is 1. The number of nitrogens with zero attached hydrogens (tertiary/aromatic N) is 5. The Balaban J connectivity index is 1.46. The van der Waals surface area contributed by atoms with Crippen LogP contribution in [-0.4, -0.2) is 65.5 Å². The molecule has 1 aliphatic heterocycles. The second kappa shape index (κ2) is 10.4. The fourth-order valence-electron chi connectivity index (χ4n) is 3.62. The third-order valence-corrected chi connectivity index (χ3v) is 5.35. The van der Waals surface area contributed by atoms with Gasteiger partial charge in [0, 0.05) is 38.8 Å². The Morgan fingerprint density at radius 2 is 1.82 bits per heavy atom. The van der Waals surface area contributed by atoms with Crippen molar-refractivity contribution in [2.24, 2.45) is 5.10 Å². The van der Waals surface area contributed by atoms with Gasteiger partial charge in [0.2, 0.25) is 5.89 Å². The Morgan fingerprint density at radius 3 is 2.45 bits per heavy atom. The molecule has 1 saturated heterocycles. The van der Waals surface area contributed by atoms with Gasteiger partial charge >= 0.3 is 6.43 Å². The molecule has 33 heavy (non-hydrogen) atoms. The highest BCUT2D eigenvalue weighted by Gasteiger charge is 2.30. The van der Waals surface area contributed by atoms with Crippen LogP contribution in [-0.2, 0) is 4.79 Å². The maximum absolute atomic E-state index is 13.3. The van der Waals surface area contributed by atoms with Crippen molar-refractivity contribution >= 4 is 12.1 Å². The number of carbonyl (C=O) groups excluding carboxylic acids is 1. The largest absolute Gasteiger partial charge is 0.415 e. The first-order valence-corrected chi connectivity index (χ1v) is 10.6. The lowest BCUT2D eigenvalue weighted by atomic mass is 10.0. The lowest BCUT2D eigenvalue weighted by molar-refractivity contribution is -0.136. The van der Waals surface area contributed by atoms with Crippen LogP contribution in [0.5, 0.6) is 0 Å². The van der Waals surface area contributed by atoms with Gasteiger partial charge in [0.05, 0.1) is 6.21 Å². The first-order valence-electron chi connectivity index (χ1n) is 10.6. The Labute approximate surface area is 189 Å². The molecule has 1 atom stereocenters. The summed E-state index contributed by atoms with van der Waals surface area (Å²) in [7, 11) is 1.63. The average molecular weight is 454 g/mol. The number of alkyl halides is 2. The van der Waals surface area contributed by atoms with Gasteiger partial charge in [-0.1, -0.05) is 42.5 Å². The molecule has 0 saturated carbocycles. The van der Waals surface area contributed by atoms with Gasteiger partial charge in [-0.2, -0.15) is 13.9 Å². The Bertz CT molecular complexity index is 1080. The van der Waals surface area contributed by atoms with Crippen molar-refractivity contribution in [2.45, 2.75) is 12.5 Å². The van der Waals surface area contributed by atoms with Gasteiger partial charge in [-0.3, -0.25) is 9.69 Å². The summed E-state index contributed by atoms with van der Waals surface area (Å²) in [4.78, 5) is 15.5. The summed E-state index contributed by atoms with van der Waals surface area (Å²) in [6.45, 7) is 3.20.